The van der Waals surface area contributed by atoms with E-state index in [9.17, 15) is 0 Å². The van der Waals surface area contributed by atoms with Gasteiger partial charge in [0.1, 0.15) is 0 Å². The third-order valence-electron chi connectivity index (χ3n) is 4.49. The van der Waals surface area contributed by atoms with Crippen LogP contribution in [0.5, 0.6) is 0 Å². The maximum Gasteiger partial charge on any atom is 0.185 e. The van der Waals surface area contributed by atoms with Crippen molar-refractivity contribution in [2.24, 2.45) is 5.92 Å². The predicted molar refractivity (Wildman–Crippen MR) is 85.5 cm³/mol. The highest BCUT2D eigenvalue weighted by molar-refractivity contribution is 7.15. The molecule has 1 aromatic rings. The van der Waals surface area contributed by atoms with E-state index in [1.54, 1.807) is 0 Å². The predicted octanol–water partition coefficient (Wildman–Crippen LogP) is 2.17. The number of rotatable bonds is 5. The molecular formula is C15H26N4S. The number of hydrogen-bond acceptors (Lipinski definition) is 5. The molecule has 5 heteroatoms. The van der Waals surface area contributed by atoms with Crippen molar-refractivity contribution in [3.63, 3.8) is 0 Å². The van der Waals surface area contributed by atoms with Crippen LogP contribution in [0.2, 0.25) is 0 Å². The van der Waals surface area contributed by atoms with Crippen molar-refractivity contribution >= 4 is 16.5 Å². The lowest BCUT2D eigenvalue weighted by atomic mass is 9.96. The zero-order valence-electron chi connectivity index (χ0n) is 12.5. The van der Waals surface area contributed by atoms with Gasteiger partial charge in [-0.15, -0.1) is 11.3 Å². The molecule has 4 nitrogen and oxygen atoms in total. The monoisotopic (exact) mass is 294 g/mol. The Bertz CT molecular complexity index is 406. The lowest BCUT2D eigenvalue weighted by molar-refractivity contribution is 0.249. The summed E-state index contributed by atoms with van der Waals surface area (Å²) in [7, 11) is 1.99. The van der Waals surface area contributed by atoms with Crippen LogP contribution in [0.15, 0.2) is 6.20 Å². The van der Waals surface area contributed by atoms with Gasteiger partial charge in [-0.05, 0) is 51.7 Å². The molecule has 0 atom stereocenters. The first-order valence-electron chi connectivity index (χ1n) is 7.92. The van der Waals surface area contributed by atoms with Gasteiger partial charge < -0.3 is 15.1 Å². The number of anilines is 1. The van der Waals surface area contributed by atoms with Crippen LogP contribution in [0.1, 0.15) is 30.6 Å². The van der Waals surface area contributed by atoms with Crippen LogP contribution in [0.3, 0.4) is 0 Å². The molecule has 0 bridgehead atoms. The number of aromatic nitrogens is 1. The van der Waals surface area contributed by atoms with Gasteiger partial charge in [0.05, 0.1) is 0 Å². The average molecular weight is 294 g/mol. The molecule has 20 heavy (non-hydrogen) atoms. The first kappa shape index (κ1) is 14.3. The minimum absolute atomic E-state index is 0.904. The van der Waals surface area contributed by atoms with Gasteiger partial charge >= 0.3 is 0 Å². The molecule has 0 unspecified atom stereocenters. The van der Waals surface area contributed by atoms with Gasteiger partial charge in [-0.2, -0.15) is 0 Å². The summed E-state index contributed by atoms with van der Waals surface area (Å²) in [5, 5.41) is 4.41. The van der Waals surface area contributed by atoms with Crippen LogP contribution in [0, 0.1) is 5.92 Å². The van der Waals surface area contributed by atoms with Crippen molar-refractivity contribution in [2.45, 2.75) is 32.2 Å². The van der Waals surface area contributed by atoms with Crippen molar-refractivity contribution in [3.05, 3.63) is 11.1 Å². The Kier molecular flexibility index (Phi) is 4.91. The molecule has 2 fully saturated rings. The minimum Gasteiger partial charge on any atom is -0.348 e. The molecule has 0 spiro atoms. The van der Waals surface area contributed by atoms with Gasteiger partial charge in [-0.3, -0.25) is 0 Å². The zero-order chi connectivity index (χ0) is 13.8. The molecule has 0 aliphatic carbocycles. The number of likely N-dealkylation sites (tertiary alicyclic amines) is 1. The summed E-state index contributed by atoms with van der Waals surface area (Å²) in [6.07, 6.45) is 7.50. The SMILES string of the molecule is CNCc1cnc(N2CCC(CN3CCCC3)CC2)s1. The first-order chi connectivity index (χ1) is 9.85. The van der Waals surface area contributed by atoms with Crippen LogP contribution >= 0.6 is 11.3 Å². The maximum atomic E-state index is 4.58. The fourth-order valence-corrected chi connectivity index (χ4v) is 4.31. The van der Waals surface area contributed by atoms with Gasteiger partial charge in [0.25, 0.3) is 0 Å². The fourth-order valence-electron chi connectivity index (χ4n) is 3.34. The van der Waals surface area contributed by atoms with Crippen molar-refractivity contribution in [1.29, 1.82) is 0 Å². The van der Waals surface area contributed by atoms with E-state index in [-0.39, 0.29) is 0 Å². The molecule has 1 aromatic heterocycles. The fraction of sp³-hybridized carbons (Fsp3) is 0.800. The topological polar surface area (TPSA) is 31.4 Å². The normalized spacial score (nSPS) is 21.8. The zero-order valence-corrected chi connectivity index (χ0v) is 13.3. The smallest absolute Gasteiger partial charge is 0.185 e. The molecule has 2 aliphatic heterocycles. The standard InChI is InChI=1S/C15H26N4S/c1-16-10-14-11-17-15(20-14)19-8-4-13(5-9-19)12-18-6-2-3-7-18/h11,13,16H,2-10,12H2,1H3. The minimum atomic E-state index is 0.904. The van der Waals surface area contributed by atoms with Crippen molar-refractivity contribution in [1.82, 2.24) is 15.2 Å². The Morgan fingerprint density at radius 1 is 1.25 bits per heavy atom. The molecule has 0 amide bonds. The summed E-state index contributed by atoms with van der Waals surface area (Å²) in [6, 6.07) is 0. The Hall–Kier alpha value is -0.650. The van der Waals surface area contributed by atoms with E-state index in [1.165, 1.54) is 68.4 Å². The lowest BCUT2D eigenvalue weighted by Crippen LogP contribution is -2.38. The number of piperidine rings is 1. The van der Waals surface area contributed by atoms with E-state index in [1.807, 2.05) is 24.6 Å². The van der Waals surface area contributed by atoms with E-state index < -0.39 is 0 Å². The second-order valence-electron chi connectivity index (χ2n) is 6.08. The van der Waals surface area contributed by atoms with Crippen LogP contribution in [0.25, 0.3) is 0 Å². The van der Waals surface area contributed by atoms with Gasteiger partial charge in [-0.25, -0.2) is 4.98 Å². The van der Waals surface area contributed by atoms with Gasteiger partial charge in [0.15, 0.2) is 5.13 Å². The number of hydrogen-bond donors (Lipinski definition) is 1. The lowest BCUT2D eigenvalue weighted by Gasteiger charge is -2.33. The molecular weight excluding hydrogens is 268 g/mol. The van der Waals surface area contributed by atoms with Gasteiger partial charge in [0, 0.05) is 37.3 Å². The molecule has 112 valence electrons. The summed E-state index contributed by atoms with van der Waals surface area (Å²) in [5.41, 5.74) is 0. The molecule has 0 saturated carbocycles. The third-order valence-corrected chi connectivity index (χ3v) is 5.55. The number of thiazole rings is 1. The van der Waals surface area contributed by atoms with Crippen LogP contribution < -0.4 is 10.2 Å². The second-order valence-corrected chi connectivity index (χ2v) is 7.17. The molecule has 0 aromatic carbocycles. The Labute approximate surface area is 126 Å². The summed E-state index contributed by atoms with van der Waals surface area (Å²) >= 11 is 1.84. The first-order valence-corrected chi connectivity index (χ1v) is 8.73. The van der Waals surface area contributed by atoms with E-state index in [4.69, 9.17) is 0 Å². The molecule has 0 radical (unpaired) electrons. The Morgan fingerprint density at radius 2 is 2.00 bits per heavy atom. The van der Waals surface area contributed by atoms with Crippen molar-refractivity contribution in [3.8, 4) is 0 Å². The Morgan fingerprint density at radius 3 is 2.70 bits per heavy atom. The summed E-state index contributed by atoms with van der Waals surface area (Å²) in [4.78, 5) is 11.1. The second kappa shape index (κ2) is 6.87. The Balaban J connectivity index is 1.47. The highest BCUT2D eigenvalue weighted by Crippen LogP contribution is 2.28. The van der Waals surface area contributed by atoms with Gasteiger partial charge in [0.2, 0.25) is 0 Å². The summed E-state index contributed by atoms with van der Waals surface area (Å²) < 4.78 is 0. The van der Waals surface area contributed by atoms with Gasteiger partial charge in [-0.1, -0.05) is 0 Å². The van der Waals surface area contributed by atoms with Crippen LogP contribution in [-0.4, -0.2) is 49.7 Å². The molecule has 2 saturated heterocycles. The summed E-state index contributed by atoms with van der Waals surface area (Å²) in [6.45, 7) is 7.30. The summed E-state index contributed by atoms with van der Waals surface area (Å²) in [5.74, 6) is 0.904. The van der Waals surface area contributed by atoms with Crippen LogP contribution in [0.4, 0.5) is 5.13 Å². The average Bonchev–Trinajstić information content (AvgIpc) is 3.12. The van der Waals surface area contributed by atoms with E-state index >= 15 is 0 Å². The number of nitrogens with zero attached hydrogens (tertiary/aromatic N) is 3. The van der Waals surface area contributed by atoms with Crippen molar-refractivity contribution < 1.29 is 0 Å². The maximum absolute atomic E-state index is 4.58. The molecule has 3 rings (SSSR count). The van der Waals surface area contributed by atoms with E-state index in [2.05, 4.69) is 20.1 Å². The third kappa shape index (κ3) is 3.51. The molecule has 3 heterocycles. The molecule has 1 N–H and O–H groups in total. The van der Waals surface area contributed by atoms with E-state index in [0.29, 0.717) is 0 Å². The highest BCUT2D eigenvalue weighted by Gasteiger charge is 2.24. The van der Waals surface area contributed by atoms with E-state index in [0.717, 1.165) is 12.5 Å². The van der Waals surface area contributed by atoms with Crippen LogP contribution in [-0.2, 0) is 6.54 Å². The largest absolute Gasteiger partial charge is 0.348 e. The molecule has 2 aliphatic rings. The number of nitrogens with one attached hydrogen (secondary N) is 1. The van der Waals surface area contributed by atoms with Crippen molar-refractivity contribution in [2.75, 3.05) is 44.7 Å². The quantitative estimate of drug-likeness (QED) is 0.902. The highest BCUT2D eigenvalue weighted by atomic mass is 32.1.